The Labute approximate surface area is 313 Å². The van der Waals surface area contributed by atoms with Crippen LogP contribution in [0.5, 0.6) is 0 Å². The van der Waals surface area contributed by atoms with E-state index in [1.54, 1.807) is 11.0 Å². The Hall–Kier alpha value is -5.44. The van der Waals surface area contributed by atoms with Crippen molar-refractivity contribution in [3.63, 3.8) is 0 Å². The van der Waals surface area contributed by atoms with Gasteiger partial charge in [0.15, 0.2) is 0 Å². The van der Waals surface area contributed by atoms with Gasteiger partial charge in [-0.2, -0.15) is 5.10 Å². The molecule has 7 N–H and O–H groups in total. The number of hydrogen-bond acceptors (Lipinski definition) is 10. The standard InChI is InChI=1S/C39H48FN11O3/c1-3-32-36-28(17-43-51(36)26-20-49(21-26)19-25-6-4-9-30(44-25)39(54)50-15-14-23(40)18-50)27-7-5-8-29(35(27)48(32)2)46-31(34(42)38(53)45-24-12-13-24)16-33(41)47-37(52)22-10-11-22/h4-9,16-17,22-24,26,32,46H,3,10-15,18-21,41-42H2,1-2H3,(H,45,53)(H,47,52)/b33-16+,34-31+. The Bertz CT molecular complexity index is 2030. The van der Waals surface area contributed by atoms with Crippen LogP contribution >= 0.6 is 0 Å². The lowest BCUT2D eigenvalue weighted by atomic mass is 9.91. The molecule has 15 heteroatoms. The number of rotatable bonds is 12. The zero-order chi connectivity index (χ0) is 37.7. The molecule has 5 aliphatic rings. The molecule has 2 aromatic heterocycles. The second-order valence-electron chi connectivity index (χ2n) is 15.2. The first-order valence-corrected chi connectivity index (χ1v) is 19.0. The van der Waals surface area contributed by atoms with Gasteiger partial charge in [-0.25, -0.2) is 9.37 Å². The number of likely N-dealkylation sites (tertiary alicyclic amines) is 2. The molecule has 4 fully saturated rings. The van der Waals surface area contributed by atoms with Gasteiger partial charge in [-0.1, -0.05) is 25.1 Å². The Kier molecular flexibility index (Phi) is 9.50. The predicted molar refractivity (Wildman–Crippen MR) is 202 cm³/mol. The van der Waals surface area contributed by atoms with Crippen molar-refractivity contribution < 1.29 is 18.8 Å². The van der Waals surface area contributed by atoms with Gasteiger partial charge in [0.25, 0.3) is 11.8 Å². The minimum Gasteiger partial charge on any atom is -0.393 e. The third kappa shape index (κ3) is 7.11. The summed E-state index contributed by atoms with van der Waals surface area (Å²) >= 11 is 0. The number of amides is 3. The van der Waals surface area contributed by atoms with Gasteiger partial charge in [-0.05, 0) is 56.7 Å². The molecular weight excluding hydrogens is 690 g/mol. The number of carbonyl (C=O) groups is 3. The molecule has 54 heavy (non-hydrogen) atoms. The number of halogens is 1. The highest BCUT2D eigenvalue weighted by atomic mass is 19.1. The highest BCUT2D eigenvalue weighted by molar-refractivity contribution is 5.97. The number of pyridine rings is 1. The van der Waals surface area contributed by atoms with Crippen molar-refractivity contribution >= 4 is 29.1 Å². The molecule has 5 heterocycles. The maximum absolute atomic E-state index is 13.7. The van der Waals surface area contributed by atoms with Gasteiger partial charge in [-0.3, -0.25) is 24.0 Å². The fourth-order valence-electron chi connectivity index (χ4n) is 7.78. The van der Waals surface area contributed by atoms with Crippen LogP contribution < -0.4 is 32.3 Å². The van der Waals surface area contributed by atoms with Crippen molar-refractivity contribution in [3.8, 4) is 11.1 Å². The van der Waals surface area contributed by atoms with E-state index in [1.165, 1.54) is 6.08 Å². The van der Waals surface area contributed by atoms with E-state index >= 15 is 0 Å². The van der Waals surface area contributed by atoms with Crippen molar-refractivity contribution in [2.75, 3.05) is 43.4 Å². The minimum absolute atomic E-state index is 0.00671. The number of nitrogens with zero attached hydrogens (tertiary/aromatic N) is 6. The van der Waals surface area contributed by atoms with E-state index in [4.69, 9.17) is 16.6 Å². The number of allylic oxidation sites excluding steroid dienone is 1. The van der Waals surface area contributed by atoms with Crippen molar-refractivity contribution in [2.24, 2.45) is 17.4 Å². The summed E-state index contributed by atoms with van der Waals surface area (Å²) < 4.78 is 15.9. The van der Waals surface area contributed by atoms with Gasteiger partial charge < -0.3 is 37.2 Å². The smallest absolute Gasteiger partial charge is 0.272 e. The second-order valence-corrected chi connectivity index (χ2v) is 15.2. The van der Waals surface area contributed by atoms with E-state index in [0.29, 0.717) is 30.9 Å². The molecule has 284 valence electrons. The topological polar surface area (TPSA) is 180 Å². The Morgan fingerprint density at radius 3 is 2.48 bits per heavy atom. The summed E-state index contributed by atoms with van der Waals surface area (Å²) in [6, 6.07) is 11.7. The Balaban J connectivity index is 1.02. The number of nitrogens with two attached hydrogens (primary N) is 2. The number of alkyl halides is 1. The molecular formula is C39H48FN11O3. The van der Waals surface area contributed by atoms with E-state index in [1.807, 2.05) is 30.5 Å². The molecule has 2 unspecified atom stereocenters. The van der Waals surface area contributed by atoms with Crippen LogP contribution in [0.25, 0.3) is 11.1 Å². The quantitative estimate of drug-likeness (QED) is 0.137. The molecule has 2 saturated heterocycles. The lowest BCUT2D eigenvalue weighted by Crippen LogP contribution is -2.48. The number of benzene rings is 1. The fraction of sp³-hybridized carbons (Fsp3) is 0.462. The minimum atomic E-state index is -0.969. The summed E-state index contributed by atoms with van der Waals surface area (Å²) in [5.74, 6) is -0.682. The van der Waals surface area contributed by atoms with Gasteiger partial charge in [0.1, 0.15) is 23.4 Å². The zero-order valence-corrected chi connectivity index (χ0v) is 30.7. The van der Waals surface area contributed by atoms with Gasteiger partial charge in [0.2, 0.25) is 5.91 Å². The van der Waals surface area contributed by atoms with E-state index < -0.39 is 12.1 Å². The van der Waals surface area contributed by atoms with Crippen LogP contribution in [-0.2, 0) is 16.1 Å². The largest absolute Gasteiger partial charge is 0.393 e. The summed E-state index contributed by atoms with van der Waals surface area (Å²) in [6.45, 7) is 4.86. The van der Waals surface area contributed by atoms with Crippen molar-refractivity contribution in [1.82, 2.24) is 35.2 Å². The monoisotopic (exact) mass is 737 g/mol. The summed E-state index contributed by atoms with van der Waals surface area (Å²) in [5.41, 5.74) is 19.0. The van der Waals surface area contributed by atoms with Crippen molar-refractivity contribution in [1.29, 1.82) is 0 Å². The third-order valence-electron chi connectivity index (χ3n) is 11.0. The zero-order valence-electron chi connectivity index (χ0n) is 30.7. The number of anilines is 2. The van der Waals surface area contributed by atoms with Crippen LogP contribution in [0.2, 0.25) is 0 Å². The molecule has 3 aromatic rings. The van der Waals surface area contributed by atoms with E-state index in [2.05, 4.69) is 55.5 Å². The molecule has 1 aromatic carbocycles. The second kappa shape index (κ2) is 14.4. The molecule has 3 amide bonds. The van der Waals surface area contributed by atoms with Crippen LogP contribution in [0.1, 0.15) is 79.4 Å². The van der Waals surface area contributed by atoms with Gasteiger partial charge >= 0.3 is 0 Å². The Morgan fingerprint density at radius 1 is 1.00 bits per heavy atom. The molecule has 14 nitrogen and oxygen atoms in total. The Morgan fingerprint density at radius 2 is 1.78 bits per heavy atom. The highest BCUT2D eigenvalue weighted by Gasteiger charge is 2.38. The molecule has 0 radical (unpaired) electrons. The maximum atomic E-state index is 13.7. The highest BCUT2D eigenvalue weighted by Crippen LogP contribution is 2.49. The van der Waals surface area contributed by atoms with Crippen LogP contribution in [-0.4, -0.2) is 87.7 Å². The van der Waals surface area contributed by atoms with E-state index in [0.717, 1.165) is 79.1 Å². The average molecular weight is 738 g/mol. The number of hydrogen-bond donors (Lipinski definition) is 5. The third-order valence-corrected chi connectivity index (χ3v) is 11.0. The van der Waals surface area contributed by atoms with Gasteiger partial charge in [0.05, 0.1) is 53.3 Å². The summed E-state index contributed by atoms with van der Waals surface area (Å²) in [7, 11) is 2.06. The van der Waals surface area contributed by atoms with Crippen LogP contribution in [0.3, 0.4) is 0 Å². The normalized spacial score (nSPS) is 21.9. The van der Waals surface area contributed by atoms with Crippen LogP contribution in [0.15, 0.2) is 65.9 Å². The lowest BCUT2D eigenvalue weighted by molar-refractivity contribution is -0.121. The molecule has 0 spiro atoms. The van der Waals surface area contributed by atoms with Crippen LogP contribution in [0, 0.1) is 5.92 Å². The summed E-state index contributed by atoms with van der Waals surface area (Å²) in [5, 5.41) is 14.0. The van der Waals surface area contributed by atoms with Gasteiger partial charge in [0, 0.05) is 62.4 Å². The first kappa shape index (κ1) is 35.6. The van der Waals surface area contributed by atoms with Gasteiger partial charge in [-0.15, -0.1) is 0 Å². The molecule has 2 aliphatic carbocycles. The first-order chi connectivity index (χ1) is 26.1. The van der Waals surface area contributed by atoms with Crippen LogP contribution in [0.4, 0.5) is 15.8 Å². The number of carbonyl (C=O) groups excluding carboxylic acids is 3. The van der Waals surface area contributed by atoms with Crippen molar-refractivity contribution in [2.45, 2.75) is 76.3 Å². The summed E-state index contributed by atoms with van der Waals surface area (Å²) in [6.07, 6.45) is 7.18. The molecule has 2 atom stereocenters. The predicted octanol–water partition coefficient (Wildman–Crippen LogP) is 3.27. The molecule has 0 bridgehead atoms. The molecule has 3 aliphatic heterocycles. The lowest BCUT2D eigenvalue weighted by Gasteiger charge is -2.43. The average Bonchev–Trinajstić information content (AvgIpc) is 4.08. The number of aromatic nitrogens is 3. The first-order valence-electron chi connectivity index (χ1n) is 19.0. The molecule has 2 saturated carbocycles. The number of nitrogens with one attached hydrogen (secondary N) is 3. The van der Waals surface area contributed by atoms with E-state index in [9.17, 15) is 18.8 Å². The summed E-state index contributed by atoms with van der Waals surface area (Å²) in [4.78, 5) is 49.2. The maximum Gasteiger partial charge on any atom is 0.272 e. The molecule has 8 rings (SSSR count). The fourth-order valence-corrected chi connectivity index (χ4v) is 7.78. The number of para-hydroxylation sites is 1. The number of fused-ring (bicyclic) bond motifs is 3. The van der Waals surface area contributed by atoms with E-state index in [-0.39, 0.29) is 53.9 Å². The van der Waals surface area contributed by atoms with Crippen molar-refractivity contribution in [3.05, 3.63) is 83.0 Å². The SMILES string of the molecule is CCC1c2c(cnn2C2CN(Cc3cccc(C(=O)N4CCC(F)C4)n3)C2)-c2cccc(NC(/C=C(\N)NC(=O)C3CC3)=C(/N)C(=O)NC3CC3)c2N1C.